The number of carboxylic acid groups (broad SMARTS) is 1. The largest absolute Gasteiger partial charge is 0.479 e. The van der Waals surface area contributed by atoms with Gasteiger partial charge in [0.1, 0.15) is 6.04 Å². The summed E-state index contributed by atoms with van der Waals surface area (Å²) in [5, 5.41) is 14.3. The van der Waals surface area contributed by atoms with Crippen molar-refractivity contribution in [1.82, 2.24) is 10.6 Å². The molecule has 0 saturated carbocycles. The number of carbonyl (C=O) groups excluding carboxylic acids is 2. The number of rotatable bonds is 15. The summed E-state index contributed by atoms with van der Waals surface area (Å²) < 4.78 is 31.5. The second-order valence-electron chi connectivity index (χ2n) is 8.24. The minimum Gasteiger partial charge on any atom is -0.479 e. The van der Waals surface area contributed by atoms with E-state index < -0.39 is 46.4 Å². The summed E-state index contributed by atoms with van der Waals surface area (Å²) in [6.07, 6.45) is 5.47. The molecule has 1 heterocycles. The number of hydrogen-bond donors (Lipinski definition) is 3. The van der Waals surface area contributed by atoms with Gasteiger partial charge in [-0.3, -0.25) is 9.59 Å². The Balaban J connectivity index is 2.51. The summed E-state index contributed by atoms with van der Waals surface area (Å²) in [5.41, 5.74) is 0. The molecule has 0 radical (unpaired) electrons. The van der Waals surface area contributed by atoms with Gasteiger partial charge in [0.05, 0.1) is 0 Å². The predicted octanol–water partition coefficient (Wildman–Crippen LogP) is 1.89. The van der Waals surface area contributed by atoms with Crippen LogP contribution in [0.15, 0.2) is 0 Å². The Labute approximate surface area is 184 Å². The Hall–Kier alpha value is -1.72. The number of carbonyl (C=O) groups is 3. The normalized spacial score (nSPS) is 21.0. The highest BCUT2D eigenvalue weighted by atomic mass is 32.3. The van der Waals surface area contributed by atoms with Crippen LogP contribution in [-0.2, 0) is 33.1 Å². The molecule has 0 aromatic carbocycles. The lowest BCUT2D eigenvalue weighted by Crippen LogP contribution is -2.53. The third-order valence-electron chi connectivity index (χ3n) is 4.89. The molecule has 1 aliphatic rings. The summed E-state index contributed by atoms with van der Waals surface area (Å²) in [6.45, 7) is 6.38. The molecule has 0 spiro atoms. The first-order valence-corrected chi connectivity index (χ1v) is 12.3. The average molecular weight is 465 g/mol. The van der Waals surface area contributed by atoms with Crippen LogP contribution >= 0.6 is 0 Å². The lowest BCUT2D eigenvalue weighted by Gasteiger charge is -2.22. The fourth-order valence-electron chi connectivity index (χ4n) is 3.28. The monoisotopic (exact) mass is 464 g/mol. The van der Waals surface area contributed by atoms with Crippen molar-refractivity contribution >= 4 is 28.2 Å². The molecule has 1 saturated heterocycles. The highest BCUT2D eigenvalue weighted by Gasteiger charge is 2.49. The van der Waals surface area contributed by atoms with Gasteiger partial charge in [-0.2, -0.15) is 8.42 Å². The van der Waals surface area contributed by atoms with Crippen molar-refractivity contribution in [1.29, 1.82) is 0 Å². The van der Waals surface area contributed by atoms with Crippen molar-refractivity contribution < 1.29 is 36.3 Å². The van der Waals surface area contributed by atoms with Crippen molar-refractivity contribution in [2.45, 2.75) is 96.8 Å². The highest BCUT2D eigenvalue weighted by Crippen LogP contribution is 2.21. The van der Waals surface area contributed by atoms with Crippen molar-refractivity contribution in [2.24, 2.45) is 5.92 Å². The van der Waals surface area contributed by atoms with E-state index in [0.29, 0.717) is 13.0 Å². The second-order valence-corrected chi connectivity index (χ2v) is 9.44. The lowest BCUT2D eigenvalue weighted by molar-refractivity contribution is -0.150. The summed E-state index contributed by atoms with van der Waals surface area (Å²) in [6, 6.07) is -0.942. The van der Waals surface area contributed by atoms with E-state index in [-0.39, 0.29) is 5.92 Å². The van der Waals surface area contributed by atoms with Gasteiger partial charge in [0.25, 0.3) is 5.91 Å². The van der Waals surface area contributed by atoms with Crippen LogP contribution in [0, 0.1) is 5.92 Å². The third kappa shape index (κ3) is 10.4. The van der Waals surface area contributed by atoms with E-state index >= 15 is 0 Å². The SMILES string of the molecule is CCCCCCCCCCNC(=O)[C@H](CC(C)C)NC(=O)[C@H]1OS(=O)(=O)O[C@@H]1C(=O)O. The average Bonchev–Trinajstić information content (AvgIpc) is 3.01. The summed E-state index contributed by atoms with van der Waals surface area (Å²) in [5.74, 6) is -3.03. The molecule has 1 fully saturated rings. The first kappa shape index (κ1) is 27.3. The number of unbranched alkanes of at least 4 members (excludes halogenated alkanes) is 7. The lowest BCUT2D eigenvalue weighted by atomic mass is 10.0. The van der Waals surface area contributed by atoms with Crippen molar-refractivity contribution in [3.8, 4) is 0 Å². The van der Waals surface area contributed by atoms with E-state index in [0.717, 1.165) is 19.3 Å². The molecule has 3 N–H and O–H groups in total. The zero-order valence-electron chi connectivity index (χ0n) is 18.6. The summed E-state index contributed by atoms with van der Waals surface area (Å²) in [4.78, 5) is 36.2. The first-order chi connectivity index (χ1) is 14.6. The molecule has 1 rings (SSSR count). The van der Waals surface area contributed by atoms with Gasteiger partial charge in [0, 0.05) is 6.54 Å². The van der Waals surface area contributed by atoms with Crippen LogP contribution in [0.5, 0.6) is 0 Å². The van der Waals surface area contributed by atoms with E-state index in [1.165, 1.54) is 32.1 Å². The van der Waals surface area contributed by atoms with Gasteiger partial charge in [-0.05, 0) is 18.8 Å². The van der Waals surface area contributed by atoms with Crippen molar-refractivity contribution in [3.05, 3.63) is 0 Å². The van der Waals surface area contributed by atoms with Crippen LogP contribution in [0.25, 0.3) is 0 Å². The Morgan fingerprint density at radius 1 is 0.935 bits per heavy atom. The summed E-state index contributed by atoms with van der Waals surface area (Å²) >= 11 is 0. The first-order valence-electron chi connectivity index (χ1n) is 11.0. The number of nitrogens with one attached hydrogen (secondary N) is 2. The molecule has 0 aromatic rings. The molecule has 1 aliphatic heterocycles. The van der Waals surface area contributed by atoms with Gasteiger partial charge in [-0.25, -0.2) is 13.2 Å². The smallest absolute Gasteiger partial charge is 0.401 e. The summed E-state index contributed by atoms with van der Waals surface area (Å²) in [7, 11) is -4.59. The molecule has 31 heavy (non-hydrogen) atoms. The zero-order valence-corrected chi connectivity index (χ0v) is 19.4. The van der Waals surface area contributed by atoms with Crippen molar-refractivity contribution in [2.75, 3.05) is 6.54 Å². The fraction of sp³-hybridized carbons (Fsp3) is 0.850. The van der Waals surface area contributed by atoms with E-state index in [9.17, 15) is 22.8 Å². The van der Waals surface area contributed by atoms with E-state index in [1.807, 2.05) is 13.8 Å². The minimum absolute atomic E-state index is 0.0546. The van der Waals surface area contributed by atoms with Crippen molar-refractivity contribution in [3.63, 3.8) is 0 Å². The fourth-order valence-corrected chi connectivity index (χ4v) is 4.20. The molecular formula is C20H36N2O8S. The van der Waals surface area contributed by atoms with E-state index in [2.05, 4.69) is 25.9 Å². The standard InChI is InChI=1S/C20H36N2O8S/c1-4-5-6-7-8-9-10-11-12-21-18(23)15(13-14(2)3)22-19(24)16-17(20(25)26)30-31(27,28)29-16/h14-17H,4-13H2,1-3H3,(H,21,23)(H,22,24)(H,25,26)/t15-,16-,17-/m0/s1. The maximum absolute atomic E-state index is 12.5. The molecule has 2 amide bonds. The zero-order chi connectivity index (χ0) is 23.4. The van der Waals surface area contributed by atoms with E-state index in [1.54, 1.807) is 0 Å². The second kappa shape index (κ2) is 13.6. The number of carboxylic acids is 1. The van der Waals surface area contributed by atoms with Crippen LogP contribution < -0.4 is 10.6 Å². The molecule has 0 bridgehead atoms. The van der Waals surface area contributed by atoms with Crippen LogP contribution in [0.1, 0.15) is 78.6 Å². The quantitative estimate of drug-likeness (QED) is 0.311. The molecule has 3 atom stereocenters. The molecule has 0 aromatic heterocycles. The number of aliphatic carboxylic acids is 1. The van der Waals surface area contributed by atoms with Crippen LogP contribution in [0.3, 0.4) is 0 Å². The van der Waals surface area contributed by atoms with Gasteiger partial charge in [-0.15, -0.1) is 0 Å². The Bertz CT molecular complexity index is 695. The highest BCUT2D eigenvalue weighted by molar-refractivity contribution is 7.82. The van der Waals surface area contributed by atoms with Crippen LogP contribution in [-0.4, -0.2) is 56.1 Å². The molecular weight excluding hydrogens is 428 g/mol. The Kier molecular flexibility index (Phi) is 12.0. The van der Waals surface area contributed by atoms with Gasteiger partial charge in [-0.1, -0.05) is 65.7 Å². The van der Waals surface area contributed by atoms with E-state index in [4.69, 9.17) is 5.11 Å². The van der Waals surface area contributed by atoms with Crippen LogP contribution in [0.4, 0.5) is 0 Å². The van der Waals surface area contributed by atoms with Crippen LogP contribution in [0.2, 0.25) is 0 Å². The predicted molar refractivity (Wildman–Crippen MR) is 113 cm³/mol. The molecule has 10 nitrogen and oxygen atoms in total. The third-order valence-corrected chi connectivity index (χ3v) is 5.78. The molecule has 180 valence electrons. The topological polar surface area (TPSA) is 148 Å². The number of amides is 2. The maximum Gasteiger partial charge on any atom is 0.401 e. The number of hydrogen-bond acceptors (Lipinski definition) is 7. The van der Waals surface area contributed by atoms with Gasteiger partial charge < -0.3 is 15.7 Å². The van der Waals surface area contributed by atoms with Gasteiger partial charge >= 0.3 is 16.4 Å². The maximum atomic E-state index is 12.5. The molecule has 0 unspecified atom stereocenters. The minimum atomic E-state index is -4.59. The molecule has 11 heteroatoms. The van der Waals surface area contributed by atoms with Gasteiger partial charge in [0.15, 0.2) is 6.10 Å². The molecule has 0 aliphatic carbocycles. The Morgan fingerprint density at radius 2 is 1.48 bits per heavy atom. The van der Waals surface area contributed by atoms with Gasteiger partial charge in [0.2, 0.25) is 12.0 Å². The Morgan fingerprint density at radius 3 is 2.03 bits per heavy atom.